The molecule has 0 saturated heterocycles. The van der Waals surface area contributed by atoms with Crippen molar-refractivity contribution in [1.82, 2.24) is 0 Å². The van der Waals surface area contributed by atoms with Gasteiger partial charge in [-0.05, 0) is 31.1 Å². The van der Waals surface area contributed by atoms with Crippen molar-refractivity contribution in [2.45, 2.75) is 38.5 Å². The standard InChI is InChI=1S/C12H24O3/c1-14-8-4-9-15-10-7-12(11-13)5-2-3-6-12/h13H,2-11H2,1H3. The first-order chi connectivity index (χ1) is 7.33. The summed E-state index contributed by atoms with van der Waals surface area (Å²) in [4.78, 5) is 0. The summed E-state index contributed by atoms with van der Waals surface area (Å²) in [6.45, 7) is 2.65. The van der Waals surface area contributed by atoms with E-state index in [0.717, 1.165) is 32.7 Å². The van der Waals surface area contributed by atoms with Gasteiger partial charge in [-0.25, -0.2) is 0 Å². The summed E-state index contributed by atoms with van der Waals surface area (Å²) in [5.74, 6) is 0. The quantitative estimate of drug-likeness (QED) is 0.631. The van der Waals surface area contributed by atoms with Gasteiger partial charge >= 0.3 is 0 Å². The van der Waals surface area contributed by atoms with Gasteiger partial charge in [-0.1, -0.05) is 12.8 Å². The molecule has 3 heteroatoms. The Hall–Kier alpha value is -0.120. The molecule has 0 unspecified atom stereocenters. The summed E-state index contributed by atoms with van der Waals surface area (Å²) >= 11 is 0. The molecule has 1 fully saturated rings. The highest BCUT2D eigenvalue weighted by atomic mass is 16.5. The van der Waals surface area contributed by atoms with Crippen LogP contribution in [0.5, 0.6) is 0 Å². The van der Waals surface area contributed by atoms with E-state index in [4.69, 9.17) is 9.47 Å². The average Bonchev–Trinajstić information content (AvgIpc) is 2.73. The molecule has 90 valence electrons. The van der Waals surface area contributed by atoms with Crippen LogP contribution in [0.3, 0.4) is 0 Å². The first-order valence-electron chi connectivity index (χ1n) is 6.00. The molecule has 0 atom stereocenters. The maximum Gasteiger partial charge on any atom is 0.0488 e. The van der Waals surface area contributed by atoms with Crippen LogP contribution in [0.4, 0.5) is 0 Å². The number of methoxy groups -OCH3 is 1. The Balaban J connectivity index is 2.02. The molecule has 1 aliphatic carbocycles. The van der Waals surface area contributed by atoms with Crippen molar-refractivity contribution in [3.8, 4) is 0 Å². The molecule has 1 rings (SSSR count). The Kier molecular flexibility index (Phi) is 6.22. The largest absolute Gasteiger partial charge is 0.396 e. The molecular weight excluding hydrogens is 192 g/mol. The molecule has 0 bridgehead atoms. The van der Waals surface area contributed by atoms with E-state index in [9.17, 15) is 5.11 Å². The van der Waals surface area contributed by atoms with Crippen LogP contribution in [0.2, 0.25) is 0 Å². The van der Waals surface area contributed by atoms with Crippen molar-refractivity contribution in [3.05, 3.63) is 0 Å². The molecule has 0 aromatic heterocycles. The molecule has 0 aromatic carbocycles. The Morgan fingerprint density at radius 1 is 1.13 bits per heavy atom. The number of hydrogen-bond acceptors (Lipinski definition) is 3. The second-order valence-electron chi connectivity index (χ2n) is 4.57. The highest BCUT2D eigenvalue weighted by Gasteiger charge is 2.32. The smallest absolute Gasteiger partial charge is 0.0488 e. The molecule has 1 saturated carbocycles. The molecule has 1 aliphatic rings. The zero-order valence-corrected chi connectivity index (χ0v) is 9.83. The summed E-state index contributed by atoms with van der Waals surface area (Å²) in [6.07, 6.45) is 6.85. The molecule has 0 radical (unpaired) electrons. The molecule has 0 aliphatic heterocycles. The Morgan fingerprint density at radius 3 is 2.47 bits per heavy atom. The number of hydrogen-bond donors (Lipinski definition) is 1. The van der Waals surface area contributed by atoms with Crippen molar-refractivity contribution < 1.29 is 14.6 Å². The lowest BCUT2D eigenvalue weighted by molar-refractivity contribution is 0.0517. The average molecular weight is 216 g/mol. The molecule has 15 heavy (non-hydrogen) atoms. The van der Waals surface area contributed by atoms with E-state index >= 15 is 0 Å². The Bertz CT molecular complexity index is 153. The second kappa shape index (κ2) is 7.20. The van der Waals surface area contributed by atoms with Crippen molar-refractivity contribution >= 4 is 0 Å². The van der Waals surface area contributed by atoms with Crippen LogP contribution in [0, 0.1) is 5.41 Å². The maximum absolute atomic E-state index is 9.38. The summed E-state index contributed by atoms with van der Waals surface area (Å²) in [6, 6.07) is 0. The van der Waals surface area contributed by atoms with Gasteiger partial charge in [-0.15, -0.1) is 0 Å². The van der Waals surface area contributed by atoms with Gasteiger partial charge < -0.3 is 14.6 Å². The summed E-state index contributed by atoms with van der Waals surface area (Å²) in [5, 5.41) is 9.38. The van der Waals surface area contributed by atoms with Crippen LogP contribution in [0.25, 0.3) is 0 Å². The van der Waals surface area contributed by atoms with E-state index in [1.165, 1.54) is 25.7 Å². The van der Waals surface area contributed by atoms with E-state index < -0.39 is 0 Å². The fraction of sp³-hybridized carbons (Fsp3) is 1.00. The van der Waals surface area contributed by atoms with Crippen LogP contribution in [-0.2, 0) is 9.47 Å². The van der Waals surface area contributed by atoms with Gasteiger partial charge in [-0.2, -0.15) is 0 Å². The van der Waals surface area contributed by atoms with Crippen molar-refractivity contribution in [3.63, 3.8) is 0 Å². The molecule has 0 heterocycles. The number of aliphatic hydroxyl groups is 1. The van der Waals surface area contributed by atoms with Gasteiger partial charge in [0.25, 0.3) is 0 Å². The third-order valence-corrected chi connectivity index (χ3v) is 3.41. The van der Waals surface area contributed by atoms with Crippen LogP contribution in [-0.4, -0.2) is 38.6 Å². The topological polar surface area (TPSA) is 38.7 Å². The first kappa shape index (κ1) is 12.9. The van der Waals surface area contributed by atoms with E-state index in [2.05, 4.69) is 0 Å². The van der Waals surface area contributed by atoms with E-state index in [1.807, 2.05) is 0 Å². The number of ether oxygens (including phenoxy) is 2. The predicted octanol–water partition coefficient (Wildman–Crippen LogP) is 1.98. The fourth-order valence-corrected chi connectivity index (χ4v) is 2.31. The van der Waals surface area contributed by atoms with E-state index in [-0.39, 0.29) is 5.41 Å². The zero-order valence-electron chi connectivity index (χ0n) is 9.83. The molecule has 0 amide bonds. The fourth-order valence-electron chi connectivity index (χ4n) is 2.31. The van der Waals surface area contributed by atoms with Gasteiger partial charge in [-0.3, -0.25) is 0 Å². The van der Waals surface area contributed by atoms with Crippen molar-refractivity contribution in [1.29, 1.82) is 0 Å². The Morgan fingerprint density at radius 2 is 1.87 bits per heavy atom. The molecule has 0 spiro atoms. The van der Waals surface area contributed by atoms with Crippen molar-refractivity contribution in [2.75, 3.05) is 33.5 Å². The predicted molar refractivity (Wildman–Crippen MR) is 59.9 cm³/mol. The lowest BCUT2D eigenvalue weighted by Crippen LogP contribution is -2.23. The Labute approximate surface area is 92.8 Å². The summed E-state index contributed by atoms with van der Waals surface area (Å²) in [5.41, 5.74) is 0.182. The normalized spacial score (nSPS) is 19.6. The molecule has 3 nitrogen and oxygen atoms in total. The molecule has 0 aromatic rings. The third-order valence-electron chi connectivity index (χ3n) is 3.41. The first-order valence-corrected chi connectivity index (χ1v) is 6.00. The highest BCUT2D eigenvalue weighted by Crippen LogP contribution is 2.40. The second-order valence-corrected chi connectivity index (χ2v) is 4.57. The van der Waals surface area contributed by atoms with E-state index in [0.29, 0.717) is 6.61 Å². The zero-order chi connectivity index (χ0) is 11.0. The monoisotopic (exact) mass is 216 g/mol. The number of rotatable bonds is 8. The third kappa shape index (κ3) is 4.49. The SMILES string of the molecule is COCCCOCCC1(CO)CCCC1. The summed E-state index contributed by atoms with van der Waals surface area (Å²) in [7, 11) is 1.71. The van der Waals surface area contributed by atoms with Gasteiger partial charge in [0, 0.05) is 33.5 Å². The lowest BCUT2D eigenvalue weighted by atomic mass is 9.84. The van der Waals surface area contributed by atoms with Gasteiger partial charge in [0.05, 0.1) is 0 Å². The lowest BCUT2D eigenvalue weighted by Gasteiger charge is -2.26. The van der Waals surface area contributed by atoms with Crippen molar-refractivity contribution in [2.24, 2.45) is 5.41 Å². The highest BCUT2D eigenvalue weighted by molar-refractivity contribution is 4.83. The van der Waals surface area contributed by atoms with Crippen LogP contribution in [0.15, 0.2) is 0 Å². The molecule has 1 N–H and O–H groups in total. The minimum atomic E-state index is 0.182. The van der Waals surface area contributed by atoms with Gasteiger partial charge in [0.15, 0.2) is 0 Å². The van der Waals surface area contributed by atoms with Crippen LogP contribution < -0.4 is 0 Å². The van der Waals surface area contributed by atoms with Gasteiger partial charge in [0.2, 0.25) is 0 Å². The molecular formula is C12H24O3. The van der Waals surface area contributed by atoms with E-state index in [1.54, 1.807) is 7.11 Å². The van der Waals surface area contributed by atoms with Crippen LogP contribution >= 0.6 is 0 Å². The number of aliphatic hydroxyl groups excluding tert-OH is 1. The summed E-state index contributed by atoms with van der Waals surface area (Å²) < 4.78 is 10.5. The maximum atomic E-state index is 9.38. The van der Waals surface area contributed by atoms with Crippen LogP contribution in [0.1, 0.15) is 38.5 Å². The minimum Gasteiger partial charge on any atom is -0.396 e. The van der Waals surface area contributed by atoms with Gasteiger partial charge in [0.1, 0.15) is 0 Å². The minimum absolute atomic E-state index is 0.182.